The molecule has 0 aliphatic carbocycles. The van der Waals surface area contributed by atoms with Crippen molar-refractivity contribution >= 4 is 11.9 Å². The van der Waals surface area contributed by atoms with E-state index in [0.29, 0.717) is 6.42 Å². The number of esters is 1. The van der Waals surface area contributed by atoms with Crippen molar-refractivity contribution in [2.45, 2.75) is 58.7 Å². The standard InChI is InChI=1S/C11H22N2O3.Li.H/c1-7(2)13-9(5-6-10(12)14)11(15)16-8(3)4;;/h7-9,13H,5-6H2,1-4H3,(H2,12,14);;/q;+1;-1/t9-;;/m0../s1. The van der Waals surface area contributed by atoms with Crippen molar-refractivity contribution in [3.8, 4) is 0 Å². The van der Waals surface area contributed by atoms with Gasteiger partial charge >= 0.3 is 24.8 Å². The molecule has 6 heteroatoms. The van der Waals surface area contributed by atoms with Crippen molar-refractivity contribution in [3.05, 3.63) is 0 Å². The molecule has 0 bridgehead atoms. The fourth-order valence-electron chi connectivity index (χ4n) is 1.27. The second-order valence-corrected chi connectivity index (χ2v) is 4.36. The van der Waals surface area contributed by atoms with Gasteiger partial charge in [-0.05, 0) is 20.3 Å². The van der Waals surface area contributed by atoms with Gasteiger partial charge in [0.05, 0.1) is 6.10 Å². The van der Waals surface area contributed by atoms with Gasteiger partial charge in [0.1, 0.15) is 6.04 Å². The van der Waals surface area contributed by atoms with E-state index in [1.165, 1.54) is 0 Å². The first-order valence-electron chi connectivity index (χ1n) is 5.57. The Morgan fingerprint density at radius 3 is 2.18 bits per heavy atom. The van der Waals surface area contributed by atoms with Crippen LogP contribution >= 0.6 is 0 Å². The zero-order chi connectivity index (χ0) is 12.7. The summed E-state index contributed by atoms with van der Waals surface area (Å²) in [6.07, 6.45) is 0.397. The van der Waals surface area contributed by atoms with Crippen LogP contribution < -0.4 is 29.9 Å². The van der Waals surface area contributed by atoms with Gasteiger partial charge in [0.25, 0.3) is 0 Å². The van der Waals surface area contributed by atoms with Crippen molar-refractivity contribution in [2.24, 2.45) is 5.73 Å². The van der Waals surface area contributed by atoms with E-state index in [9.17, 15) is 9.59 Å². The predicted molar refractivity (Wildman–Crippen MR) is 62.8 cm³/mol. The van der Waals surface area contributed by atoms with E-state index in [4.69, 9.17) is 10.5 Å². The minimum atomic E-state index is -0.463. The monoisotopic (exact) mass is 238 g/mol. The third kappa shape index (κ3) is 10.4. The van der Waals surface area contributed by atoms with Gasteiger partial charge in [-0.2, -0.15) is 0 Å². The van der Waals surface area contributed by atoms with E-state index < -0.39 is 11.9 Å². The second kappa shape index (κ2) is 9.52. The number of nitrogens with one attached hydrogen (secondary N) is 1. The minimum absolute atomic E-state index is 0. The van der Waals surface area contributed by atoms with Crippen LogP contribution in [0.2, 0.25) is 0 Å². The molecular formula is C11H23LiN2O3. The fourth-order valence-corrected chi connectivity index (χ4v) is 1.27. The molecule has 17 heavy (non-hydrogen) atoms. The number of ether oxygens (including phenoxy) is 1. The average Bonchev–Trinajstić information content (AvgIpc) is 2.09. The molecule has 0 unspecified atom stereocenters. The molecule has 0 aromatic rings. The molecule has 0 spiro atoms. The first-order valence-corrected chi connectivity index (χ1v) is 5.57. The van der Waals surface area contributed by atoms with Crippen LogP contribution in [0.3, 0.4) is 0 Å². The van der Waals surface area contributed by atoms with E-state index >= 15 is 0 Å². The molecule has 0 fully saturated rings. The predicted octanol–water partition coefficient (Wildman–Crippen LogP) is -2.31. The summed E-state index contributed by atoms with van der Waals surface area (Å²) in [5.74, 6) is -0.738. The zero-order valence-electron chi connectivity index (χ0n) is 12.4. The van der Waals surface area contributed by atoms with E-state index in [1.54, 1.807) is 13.8 Å². The average molecular weight is 238 g/mol. The maximum Gasteiger partial charge on any atom is 1.00 e. The number of carbonyl (C=O) groups excluding carboxylic acids is 2. The van der Waals surface area contributed by atoms with Crippen LogP contribution in [0.15, 0.2) is 0 Å². The number of nitrogens with two attached hydrogens (primary N) is 1. The van der Waals surface area contributed by atoms with E-state index in [0.717, 1.165) is 0 Å². The summed E-state index contributed by atoms with van der Waals surface area (Å²) in [6.45, 7) is 7.44. The van der Waals surface area contributed by atoms with Crippen LogP contribution in [0.5, 0.6) is 0 Å². The first kappa shape index (κ1) is 18.9. The molecule has 96 valence electrons. The molecule has 0 saturated carbocycles. The molecule has 0 aliphatic rings. The van der Waals surface area contributed by atoms with Crippen molar-refractivity contribution in [1.82, 2.24) is 5.32 Å². The van der Waals surface area contributed by atoms with E-state index in [1.807, 2.05) is 13.8 Å². The summed E-state index contributed by atoms with van der Waals surface area (Å²) in [4.78, 5) is 22.3. The summed E-state index contributed by atoms with van der Waals surface area (Å²) >= 11 is 0. The quantitative estimate of drug-likeness (QED) is 0.385. The molecule has 1 atom stereocenters. The van der Waals surface area contributed by atoms with Gasteiger partial charge in [-0.1, -0.05) is 13.8 Å². The Labute approximate surface area is 116 Å². The number of amides is 1. The van der Waals surface area contributed by atoms with Crippen LogP contribution in [0.4, 0.5) is 0 Å². The molecule has 1 amide bonds. The Kier molecular flexibility index (Phi) is 10.6. The molecule has 0 heterocycles. The number of hydrogen-bond acceptors (Lipinski definition) is 4. The third-order valence-electron chi connectivity index (χ3n) is 1.85. The SMILES string of the molecule is CC(C)N[C@@H](CCC(N)=O)C(=O)OC(C)C.[H-].[Li+]. The summed E-state index contributed by atoms with van der Waals surface area (Å²) in [5.41, 5.74) is 5.05. The van der Waals surface area contributed by atoms with Crippen LogP contribution in [-0.4, -0.2) is 30.1 Å². The summed E-state index contributed by atoms with van der Waals surface area (Å²) in [5, 5.41) is 3.06. The molecule has 0 aromatic heterocycles. The minimum Gasteiger partial charge on any atom is -1.00 e. The van der Waals surface area contributed by atoms with Crippen molar-refractivity contribution in [2.75, 3.05) is 0 Å². The smallest absolute Gasteiger partial charge is 1.00 e. The Bertz CT molecular complexity index is 250. The molecular weight excluding hydrogens is 215 g/mol. The Morgan fingerprint density at radius 2 is 1.82 bits per heavy atom. The van der Waals surface area contributed by atoms with E-state index in [2.05, 4.69) is 5.32 Å². The van der Waals surface area contributed by atoms with Crippen molar-refractivity contribution < 1.29 is 34.6 Å². The van der Waals surface area contributed by atoms with Gasteiger partial charge in [-0.3, -0.25) is 9.59 Å². The van der Waals surface area contributed by atoms with Gasteiger partial charge in [0.15, 0.2) is 0 Å². The largest absolute Gasteiger partial charge is 1.00 e. The molecule has 0 aliphatic heterocycles. The van der Waals surface area contributed by atoms with Gasteiger partial charge in [0.2, 0.25) is 5.91 Å². The second-order valence-electron chi connectivity index (χ2n) is 4.36. The summed E-state index contributed by atoms with van der Waals surface area (Å²) in [7, 11) is 0. The molecule has 3 N–H and O–H groups in total. The Balaban J connectivity index is -0.00000112. The molecule has 5 nitrogen and oxygen atoms in total. The summed E-state index contributed by atoms with van der Waals surface area (Å²) < 4.78 is 5.09. The Hall–Kier alpha value is -0.503. The topological polar surface area (TPSA) is 81.4 Å². The van der Waals surface area contributed by atoms with Crippen LogP contribution in [0, 0.1) is 0 Å². The van der Waals surface area contributed by atoms with Crippen LogP contribution in [-0.2, 0) is 14.3 Å². The van der Waals surface area contributed by atoms with Crippen LogP contribution in [0.25, 0.3) is 0 Å². The molecule has 0 aromatic carbocycles. The van der Waals surface area contributed by atoms with Gasteiger partial charge in [-0.15, -0.1) is 0 Å². The molecule has 0 saturated heterocycles. The third-order valence-corrected chi connectivity index (χ3v) is 1.85. The summed E-state index contributed by atoms with van der Waals surface area (Å²) in [6, 6.07) is -0.313. The number of rotatable bonds is 7. The van der Waals surface area contributed by atoms with Crippen molar-refractivity contribution in [1.29, 1.82) is 0 Å². The van der Waals surface area contributed by atoms with Gasteiger partial charge in [-0.25, -0.2) is 0 Å². The first-order chi connectivity index (χ1) is 7.32. The number of hydrogen-bond donors (Lipinski definition) is 2. The van der Waals surface area contributed by atoms with Gasteiger partial charge < -0.3 is 17.2 Å². The molecule has 0 radical (unpaired) electrons. The van der Waals surface area contributed by atoms with Crippen molar-refractivity contribution in [3.63, 3.8) is 0 Å². The normalized spacial score (nSPS) is 12.1. The van der Waals surface area contributed by atoms with Gasteiger partial charge in [0, 0.05) is 12.5 Å². The number of carbonyl (C=O) groups is 2. The Morgan fingerprint density at radius 1 is 1.29 bits per heavy atom. The molecule has 0 rings (SSSR count). The zero-order valence-corrected chi connectivity index (χ0v) is 11.4. The van der Waals surface area contributed by atoms with Crippen LogP contribution in [0.1, 0.15) is 42.0 Å². The van der Waals surface area contributed by atoms with E-state index in [-0.39, 0.29) is 44.8 Å². The fraction of sp³-hybridized carbons (Fsp3) is 0.818. The maximum absolute atomic E-state index is 11.7. The maximum atomic E-state index is 11.7. The number of primary amides is 1.